The number of hydrogen-bond donors (Lipinski definition) is 1. The van der Waals surface area contributed by atoms with Gasteiger partial charge in [0.05, 0.1) is 11.0 Å². The van der Waals surface area contributed by atoms with E-state index in [1.165, 1.54) is 6.26 Å². The smallest absolute Gasteiger partial charge is 0.159 e. The van der Waals surface area contributed by atoms with Crippen molar-refractivity contribution in [1.29, 1.82) is 0 Å². The van der Waals surface area contributed by atoms with Gasteiger partial charge in [0.2, 0.25) is 0 Å². The van der Waals surface area contributed by atoms with Crippen molar-refractivity contribution in [2.24, 2.45) is 12.8 Å². The number of hydrogen-bond acceptors (Lipinski definition) is 4. The first-order valence-electron chi connectivity index (χ1n) is 6.04. The van der Waals surface area contributed by atoms with Crippen LogP contribution >= 0.6 is 0 Å². The number of nitrogens with two attached hydrogens (primary N) is 1. The topological polar surface area (TPSA) is 78.0 Å². The molecule has 1 aromatic carbocycles. The van der Waals surface area contributed by atoms with Gasteiger partial charge in [-0.3, -0.25) is 0 Å². The molecule has 19 heavy (non-hydrogen) atoms. The minimum atomic E-state index is -3.25. The van der Waals surface area contributed by atoms with Crippen LogP contribution in [0.3, 0.4) is 0 Å². The zero-order valence-electron chi connectivity index (χ0n) is 11.6. The number of aromatic nitrogens is 2. The molecule has 2 N–H and O–H groups in total. The third kappa shape index (κ3) is 2.15. The van der Waals surface area contributed by atoms with Crippen LogP contribution in [-0.4, -0.2) is 24.2 Å². The lowest BCUT2D eigenvalue weighted by molar-refractivity contribution is 0.543. The van der Waals surface area contributed by atoms with Crippen LogP contribution in [0, 0.1) is 0 Å². The Morgan fingerprint density at radius 3 is 2.53 bits per heavy atom. The highest BCUT2D eigenvalue weighted by Gasteiger charge is 2.36. The summed E-state index contributed by atoms with van der Waals surface area (Å²) in [6.45, 7) is 3.80. The predicted molar refractivity (Wildman–Crippen MR) is 76.5 cm³/mol. The minimum absolute atomic E-state index is 0.450. The average molecular weight is 281 g/mol. The Morgan fingerprint density at radius 1 is 1.37 bits per heavy atom. The Morgan fingerprint density at radius 2 is 2.00 bits per heavy atom. The van der Waals surface area contributed by atoms with Crippen LogP contribution in [-0.2, 0) is 28.2 Å². The number of benzene rings is 1. The highest BCUT2D eigenvalue weighted by molar-refractivity contribution is 7.91. The molecule has 0 amide bonds. The first-order chi connectivity index (χ1) is 8.68. The fraction of sp³-hybridized carbons (Fsp3) is 0.462. The van der Waals surface area contributed by atoms with Gasteiger partial charge >= 0.3 is 0 Å². The van der Waals surface area contributed by atoms with Crippen LogP contribution in [0.15, 0.2) is 18.2 Å². The summed E-state index contributed by atoms with van der Waals surface area (Å²) >= 11 is 0. The SMILES string of the molecule is Cn1c(C(C)(C)S(C)(=O)=O)nc2ccc(CN)cc21. The lowest BCUT2D eigenvalue weighted by atomic mass is 10.2. The molecule has 1 heterocycles. The Balaban J connectivity index is 2.74. The van der Waals surface area contributed by atoms with Crippen molar-refractivity contribution in [1.82, 2.24) is 9.55 Å². The van der Waals surface area contributed by atoms with E-state index in [1.54, 1.807) is 13.8 Å². The summed E-state index contributed by atoms with van der Waals surface area (Å²) in [5.41, 5.74) is 8.31. The molecular weight excluding hydrogens is 262 g/mol. The Bertz CT molecular complexity index is 730. The van der Waals surface area contributed by atoms with Gasteiger partial charge in [0.15, 0.2) is 9.84 Å². The van der Waals surface area contributed by atoms with E-state index in [1.807, 2.05) is 29.8 Å². The van der Waals surface area contributed by atoms with E-state index < -0.39 is 14.6 Å². The van der Waals surface area contributed by atoms with E-state index in [0.29, 0.717) is 12.4 Å². The molecule has 0 spiro atoms. The van der Waals surface area contributed by atoms with Crippen LogP contribution in [0.25, 0.3) is 11.0 Å². The molecule has 0 saturated heterocycles. The van der Waals surface area contributed by atoms with Gasteiger partial charge in [-0.15, -0.1) is 0 Å². The number of aryl methyl sites for hydroxylation is 1. The van der Waals surface area contributed by atoms with E-state index in [0.717, 1.165) is 16.6 Å². The van der Waals surface area contributed by atoms with E-state index in [2.05, 4.69) is 4.98 Å². The van der Waals surface area contributed by atoms with Gasteiger partial charge in [-0.1, -0.05) is 6.07 Å². The number of rotatable bonds is 3. The molecule has 2 rings (SSSR count). The second kappa shape index (κ2) is 4.31. The van der Waals surface area contributed by atoms with E-state index in [9.17, 15) is 8.42 Å². The second-order valence-corrected chi connectivity index (χ2v) is 7.87. The lowest BCUT2D eigenvalue weighted by Crippen LogP contribution is -2.31. The van der Waals surface area contributed by atoms with Crippen molar-refractivity contribution in [3.8, 4) is 0 Å². The highest BCUT2D eigenvalue weighted by Crippen LogP contribution is 2.30. The van der Waals surface area contributed by atoms with Crippen molar-refractivity contribution in [3.05, 3.63) is 29.6 Å². The zero-order chi connectivity index (χ0) is 14.4. The van der Waals surface area contributed by atoms with Crippen LogP contribution in [0.5, 0.6) is 0 Å². The highest BCUT2D eigenvalue weighted by atomic mass is 32.2. The number of nitrogens with zero attached hydrogens (tertiary/aromatic N) is 2. The molecule has 0 bridgehead atoms. The summed E-state index contributed by atoms with van der Waals surface area (Å²) in [7, 11) is -1.42. The van der Waals surface area contributed by atoms with Gasteiger partial charge in [-0.05, 0) is 31.5 Å². The summed E-state index contributed by atoms with van der Waals surface area (Å²) in [5, 5.41) is 0. The standard InChI is InChI=1S/C13H19N3O2S/c1-13(2,19(4,17)18)12-15-10-6-5-9(8-14)7-11(10)16(12)3/h5-7H,8,14H2,1-4H3. The summed E-state index contributed by atoms with van der Waals surface area (Å²) in [5.74, 6) is 0.541. The maximum atomic E-state index is 11.9. The van der Waals surface area contributed by atoms with Gasteiger partial charge in [0.25, 0.3) is 0 Å². The summed E-state index contributed by atoms with van der Waals surface area (Å²) in [6.07, 6.45) is 1.23. The van der Waals surface area contributed by atoms with Crippen molar-refractivity contribution >= 4 is 20.9 Å². The molecule has 6 heteroatoms. The molecule has 5 nitrogen and oxygen atoms in total. The molecule has 0 aliphatic heterocycles. The molecule has 0 unspecified atom stereocenters. The monoisotopic (exact) mass is 281 g/mol. The summed E-state index contributed by atoms with van der Waals surface area (Å²) < 4.78 is 24.7. The Kier molecular flexibility index (Phi) is 3.18. The minimum Gasteiger partial charge on any atom is -0.330 e. The predicted octanol–water partition coefficient (Wildman–Crippen LogP) is 1.31. The van der Waals surface area contributed by atoms with Crippen LogP contribution in [0.2, 0.25) is 0 Å². The van der Waals surface area contributed by atoms with Gasteiger partial charge in [-0.25, -0.2) is 13.4 Å². The first-order valence-corrected chi connectivity index (χ1v) is 7.93. The summed E-state index contributed by atoms with van der Waals surface area (Å²) in [6, 6.07) is 5.73. The molecule has 0 fully saturated rings. The molecule has 0 radical (unpaired) electrons. The molecule has 0 aliphatic rings. The second-order valence-electron chi connectivity index (χ2n) is 5.30. The van der Waals surface area contributed by atoms with Crippen LogP contribution in [0.1, 0.15) is 25.2 Å². The number of imidazole rings is 1. The molecule has 1 aromatic heterocycles. The maximum absolute atomic E-state index is 11.9. The van der Waals surface area contributed by atoms with Crippen LogP contribution < -0.4 is 5.73 Å². The van der Waals surface area contributed by atoms with Crippen molar-refractivity contribution in [2.75, 3.05) is 6.26 Å². The van der Waals surface area contributed by atoms with Gasteiger partial charge in [0.1, 0.15) is 10.6 Å². The van der Waals surface area contributed by atoms with Gasteiger partial charge < -0.3 is 10.3 Å². The maximum Gasteiger partial charge on any atom is 0.159 e. The molecular formula is C13H19N3O2S. The van der Waals surface area contributed by atoms with E-state index in [-0.39, 0.29) is 0 Å². The fourth-order valence-corrected chi connectivity index (χ4v) is 2.58. The first kappa shape index (κ1) is 14.0. The lowest BCUT2D eigenvalue weighted by Gasteiger charge is -2.21. The summed E-state index contributed by atoms with van der Waals surface area (Å²) in [4.78, 5) is 4.47. The number of fused-ring (bicyclic) bond motifs is 1. The van der Waals surface area contributed by atoms with Crippen molar-refractivity contribution < 1.29 is 8.42 Å². The van der Waals surface area contributed by atoms with E-state index >= 15 is 0 Å². The quantitative estimate of drug-likeness (QED) is 0.920. The molecule has 0 atom stereocenters. The molecule has 2 aromatic rings. The van der Waals surface area contributed by atoms with Crippen molar-refractivity contribution in [3.63, 3.8) is 0 Å². The largest absolute Gasteiger partial charge is 0.330 e. The Hall–Kier alpha value is -1.40. The van der Waals surface area contributed by atoms with Crippen molar-refractivity contribution in [2.45, 2.75) is 25.1 Å². The molecule has 104 valence electrons. The average Bonchev–Trinajstić information content (AvgIpc) is 2.65. The number of sulfone groups is 1. The third-order valence-corrected chi connectivity index (χ3v) is 5.68. The van der Waals surface area contributed by atoms with Crippen LogP contribution in [0.4, 0.5) is 0 Å². The normalized spacial score (nSPS) is 13.1. The fourth-order valence-electron chi connectivity index (χ4n) is 2.07. The zero-order valence-corrected chi connectivity index (χ0v) is 12.5. The van der Waals surface area contributed by atoms with Gasteiger partial charge in [0, 0.05) is 19.8 Å². The van der Waals surface area contributed by atoms with E-state index in [4.69, 9.17) is 5.73 Å². The Labute approximate surface area is 113 Å². The third-order valence-electron chi connectivity index (χ3n) is 3.65. The van der Waals surface area contributed by atoms with Gasteiger partial charge in [-0.2, -0.15) is 0 Å². The molecule has 0 saturated carbocycles. The molecule has 0 aliphatic carbocycles.